The number of piperidine rings is 3. The number of nitrogens with two attached hydrogens (primary N) is 1. The van der Waals surface area contributed by atoms with Crippen molar-refractivity contribution >= 4 is 39.6 Å². The third-order valence-corrected chi connectivity index (χ3v) is 9.05. The van der Waals surface area contributed by atoms with E-state index in [0.717, 1.165) is 42.3 Å². The lowest BCUT2D eigenvalue weighted by Gasteiger charge is -2.54. The Labute approximate surface area is 206 Å². The number of morpholine rings is 1. The molecule has 2 aromatic carbocycles. The SMILES string of the molecule is NC(=O)c1cc(-c2ccccc2C2CN(C3C4CCN(CC4)C3I)CCO2)cc2ocnc12. The highest BCUT2D eigenvalue weighted by Crippen LogP contribution is 2.41. The van der Waals surface area contributed by atoms with Crippen molar-refractivity contribution in [3.63, 3.8) is 0 Å². The van der Waals surface area contributed by atoms with Crippen LogP contribution in [0, 0.1) is 5.92 Å². The van der Waals surface area contributed by atoms with Crippen LogP contribution in [-0.2, 0) is 4.74 Å². The quantitative estimate of drug-likeness (QED) is 0.298. The lowest BCUT2D eigenvalue weighted by atomic mass is 9.82. The molecule has 3 aromatic rings. The second kappa shape index (κ2) is 8.65. The van der Waals surface area contributed by atoms with Gasteiger partial charge in [-0.2, -0.15) is 0 Å². The van der Waals surface area contributed by atoms with E-state index in [4.69, 9.17) is 14.9 Å². The van der Waals surface area contributed by atoms with Gasteiger partial charge >= 0.3 is 0 Å². The van der Waals surface area contributed by atoms with Crippen molar-refractivity contribution in [2.75, 3.05) is 32.8 Å². The highest BCUT2D eigenvalue weighted by Gasteiger charge is 2.45. The van der Waals surface area contributed by atoms with Crippen LogP contribution in [0.1, 0.15) is 34.9 Å². The molecule has 4 saturated heterocycles. The second-order valence-corrected chi connectivity index (χ2v) is 10.5. The van der Waals surface area contributed by atoms with Crippen molar-refractivity contribution < 1.29 is 13.9 Å². The van der Waals surface area contributed by atoms with E-state index in [2.05, 4.69) is 55.6 Å². The van der Waals surface area contributed by atoms with E-state index in [1.807, 2.05) is 18.2 Å². The van der Waals surface area contributed by atoms with Gasteiger partial charge in [-0.3, -0.25) is 14.6 Å². The number of oxazole rings is 1. The van der Waals surface area contributed by atoms with Crippen LogP contribution in [0.25, 0.3) is 22.2 Å². The average molecular weight is 558 g/mol. The summed E-state index contributed by atoms with van der Waals surface area (Å²) >= 11 is 2.65. The number of hydrogen-bond acceptors (Lipinski definition) is 6. The molecule has 2 N–H and O–H groups in total. The molecule has 0 aliphatic carbocycles. The Kier molecular flexibility index (Phi) is 5.64. The molecule has 4 aliphatic heterocycles. The zero-order valence-corrected chi connectivity index (χ0v) is 20.5. The summed E-state index contributed by atoms with van der Waals surface area (Å²) in [5.74, 6) is 0.265. The number of aromatic nitrogens is 1. The van der Waals surface area contributed by atoms with Crippen LogP contribution in [0.3, 0.4) is 0 Å². The number of carbonyl (C=O) groups excluding carboxylic acids is 1. The summed E-state index contributed by atoms with van der Waals surface area (Å²) in [6.45, 7) is 5.04. The number of nitrogens with zero attached hydrogens (tertiary/aromatic N) is 3. The first-order valence-electron chi connectivity index (χ1n) is 11.6. The molecule has 4 fully saturated rings. The first kappa shape index (κ1) is 21.5. The Morgan fingerprint density at radius 2 is 1.94 bits per heavy atom. The van der Waals surface area contributed by atoms with E-state index >= 15 is 0 Å². The Hall–Kier alpha value is -2.01. The molecule has 3 atom stereocenters. The number of alkyl halides is 1. The van der Waals surface area contributed by atoms with Crippen molar-refractivity contribution in [1.82, 2.24) is 14.8 Å². The van der Waals surface area contributed by atoms with Crippen molar-refractivity contribution in [2.24, 2.45) is 11.7 Å². The van der Waals surface area contributed by atoms with Gasteiger partial charge < -0.3 is 14.9 Å². The molecule has 4 aliphatic rings. The summed E-state index contributed by atoms with van der Waals surface area (Å²) in [4.78, 5) is 21.6. The Morgan fingerprint density at radius 1 is 1.12 bits per heavy atom. The number of carbonyl (C=O) groups is 1. The molecule has 172 valence electrons. The molecule has 0 spiro atoms. The molecule has 1 amide bonds. The summed E-state index contributed by atoms with van der Waals surface area (Å²) in [6, 6.07) is 12.6. The van der Waals surface area contributed by atoms with Gasteiger partial charge in [0.15, 0.2) is 12.0 Å². The normalized spacial score (nSPS) is 30.0. The predicted molar refractivity (Wildman–Crippen MR) is 134 cm³/mol. The number of primary amides is 1. The molecule has 2 bridgehead atoms. The number of rotatable bonds is 4. The van der Waals surface area contributed by atoms with Crippen LogP contribution < -0.4 is 5.73 Å². The molecule has 8 heteroatoms. The zero-order chi connectivity index (χ0) is 22.5. The molecule has 1 aromatic heterocycles. The van der Waals surface area contributed by atoms with Crippen LogP contribution in [0.5, 0.6) is 0 Å². The molecule has 7 nitrogen and oxygen atoms in total. The first-order valence-corrected chi connectivity index (χ1v) is 12.8. The summed E-state index contributed by atoms with van der Waals surface area (Å²) in [7, 11) is 0. The fourth-order valence-electron chi connectivity index (χ4n) is 5.90. The number of benzene rings is 2. The van der Waals surface area contributed by atoms with Gasteiger partial charge in [-0.15, -0.1) is 0 Å². The zero-order valence-electron chi connectivity index (χ0n) is 18.3. The Balaban J connectivity index is 1.34. The van der Waals surface area contributed by atoms with Gasteiger partial charge in [0.1, 0.15) is 5.52 Å². The van der Waals surface area contributed by atoms with E-state index in [1.165, 1.54) is 32.3 Å². The van der Waals surface area contributed by atoms with Gasteiger partial charge in [0, 0.05) is 19.1 Å². The smallest absolute Gasteiger partial charge is 0.251 e. The van der Waals surface area contributed by atoms with Crippen molar-refractivity contribution in [2.45, 2.75) is 29.0 Å². The maximum atomic E-state index is 12.1. The van der Waals surface area contributed by atoms with Crippen LogP contribution in [0.15, 0.2) is 47.2 Å². The van der Waals surface area contributed by atoms with E-state index in [9.17, 15) is 4.79 Å². The summed E-state index contributed by atoms with van der Waals surface area (Å²) in [6.07, 6.45) is 3.92. The molecular formula is C25H27IN4O3. The molecule has 0 radical (unpaired) electrons. The first-order chi connectivity index (χ1) is 16.1. The van der Waals surface area contributed by atoms with Gasteiger partial charge in [0.05, 0.1) is 22.3 Å². The van der Waals surface area contributed by atoms with Crippen LogP contribution in [0.2, 0.25) is 0 Å². The third-order valence-electron chi connectivity index (χ3n) is 7.53. The number of fused-ring (bicyclic) bond motifs is 4. The highest BCUT2D eigenvalue weighted by atomic mass is 127. The number of halogens is 1. The monoisotopic (exact) mass is 558 g/mol. The van der Waals surface area contributed by atoms with Crippen LogP contribution >= 0.6 is 22.6 Å². The van der Waals surface area contributed by atoms with Crippen molar-refractivity contribution in [1.29, 1.82) is 0 Å². The summed E-state index contributed by atoms with van der Waals surface area (Å²) < 4.78 is 12.4. The summed E-state index contributed by atoms with van der Waals surface area (Å²) in [5.41, 5.74) is 10.1. The molecule has 33 heavy (non-hydrogen) atoms. The molecule has 7 rings (SSSR count). The number of ether oxygens (including phenoxy) is 1. The molecule has 0 saturated carbocycles. The van der Waals surface area contributed by atoms with Gasteiger partial charge in [-0.05, 0) is 60.7 Å². The fraction of sp³-hybridized carbons (Fsp3) is 0.440. The summed E-state index contributed by atoms with van der Waals surface area (Å²) in [5, 5.41) is 0. The van der Waals surface area contributed by atoms with Gasteiger partial charge in [0.2, 0.25) is 0 Å². The van der Waals surface area contributed by atoms with Gasteiger partial charge in [-0.1, -0.05) is 46.9 Å². The third kappa shape index (κ3) is 3.77. The van der Waals surface area contributed by atoms with E-state index < -0.39 is 5.91 Å². The van der Waals surface area contributed by atoms with Crippen molar-refractivity contribution in [3.05, 3.63) is 53.9 Å². The maximum absolute atomic E-state index is 12.1. The molecule has 3 unspecified atom stereocenters. The van der Waals surface area contributed by atoms with E-state index in [0.29, 0.717) is 26.8 Å². The Morgan fingerprint density at radius 3 is 2.73 bits per heavy atom. The van der Waals surface area contributed by atoms with Gasteiger partial charge in [-0.25, -0.2) is 4.98 Å². The topological polar surface area (TPSA) is 84.8 Å². The minimum Gasteiger partial charge on any atom is -0.443 e. The van der Waals surface area contributed by atoms with E-state index in [1.54, 1.807) is 0 Å². The van der Waals surface area contributed by atoms with Crippen LogP contribution in [0.4, 0.5) is 0 Å². The van der Waals surface area contributed by atoms with Crippen LogP contribution in [-0.4, -0.2) is 63.6 Å². The largest absolute Gasteiger partial charge is 0.443 e. The standard InChI is InChI=1S/C25H27IN4O3/c26-24-23(15-5-7-29(24)8-6-15)30-9-10-32-21(13-30)18-4-2-1-3-17(18)16-11-19(25(27)31)22-20(12-16)33-14-28-22/h1-4,11-12,14-15,21,23-24H,5-10,13H2,(H2,27,31). The minimum atomic E-state index is -0.510. The minimum absolute atomic E-state index is 0.0311. The fourth-order valence-corrected chi connectivity index (χ4v) is 7.50. The van der Waals surface area contributed by atoms with Gasteiger partial charge in [0.25, 0.3) is 5.91 Å². The van der Waals surface area contributed by atoms with E-state index in [-0.39, 0.29) is 6.10 Å². The average Bonchev–Trinajstić information content (AvgIpc) is 3.33. The number of amides is 1. The second-order valence-electron chi connectivity index (χ2n) is 9.27. The number of hydrogen-bond donors (Lipinski definition) is 1. The lowest BCUT2D eigenvalue weighted by Crippen LogP contribution is -2.63. The Bertz CT molecular complexity index is 1190. The predicted octanol–water partition coefficient (Wildman–Crippen LogP) is 3.82. The van der Waals surface area contributed by atoms with Crippen molar-refractivity contribution in [3.8, 4) is 11.1 Å². The molecular weight excluding hydrogens is 531 g/mol. The maximum Gasteiger partial charge on any atom is 0.251 e. The highest BCUT2D eigenvalue weighted by molar-refractivity contribution is 14.1. The molecule has 5 heterocycles. The lowest BCUT2D eigenvalue weighted by molar-refractivity contribution is -0.0829.